The third kappa shape index (κ3) is 8.52. The first-order chi connectivity index (χ1) is 21.8. The Bertz CT molecular complexity index is 1900. The Hall–Kier alpha value is -5.60. The van der Waals surface area contributed by atoms with E-state index in [4.69, 9.17) is 10.7 Å². The summed E-state index contributed by atoms with van der Waals surface area (Å²) in [5.74, 6) is 2.01. The monoisotopic (exact) mass is 627 g/mol. The van der Waals surface area contributed by atoms with Gasteiger partial charge in [0, 0.05) is 61.1 Å². The zero-order valence-electron chi connectivity index (χ0n) is 27.4. The number of nitrogen functional groups attached to an aromatic ring is 1. The van der Waals surface area contributed by atoms with Crippen LogP contribution in [-0.2, 0) is 7.05 Å². The van der Waals surface area contributed by atoms with Gasteiger partial charge in [-0.25, -0.2) is 15.0 Å². The second-order valence-electron chi connectivity index (χ2n) is 11.6. The van der Waals surface area contributed by atoms with Crippen molar-refractivity contribution in [2.45, 2.75) is 66.6 Å². The lowest BCUT2D eigenvalue weighted by molar-refractivity contribution is -0.389. The van der Waals surface area contributed by atoms with E-state index in [2.05, 4.69) is 58.0 Å². The van der Waals surface area contributed by atoms with Crippen molar-refractivity contribution in [3.05, 3.63) is 84.0 Å². The first-order valence-electron chi connectivity index (χ1n) is 14.9. The number of aryl methyl sites for hydroxylation is 2. The number of nitrogens with one attached hydrogen (secondary N) is 1. The Morgan fingerprint density at radius 1 is 0.804 bits per heavy atom. The van der Waals surface area contributed by atoms with Gasteiger partial charge in [-0.15, -0.1) is 0 Å². The molecule has 0 aliphatic heterocycles. The molecule has 0 saturated carbocycles. The number of fused-ring (bicyclic) bond motifs is 1. The summed E-state index contributed by atoms with van der Waals surface area (Å²) in [6, 6.07) is 6.97. The molecule has 6 heterocycles. The van der Waals surface area contributed by atoms with Gasteiger partial charge in [-0.05, 0) is 76.6 Å². The fourth-order valence-electron chi connectivity index (χ4n) is 4.26. The van der Waals surface area contributed by atoms with Crippen molar-refractivity contribution >= 4 is 34.3 Å². The standard InChI is InChI=1S/C19H21N7.C6H9N3O2.C6H11N3/c1-12(2)26-10-19(21-11-26)23-18-6-5-16-17(22-18)7-14(8-20-16)15-9-25(4)24-13(15)3;1-5(2)8-3-6(7-4-8)9(10)11;1-5(2)9-3-6(7)8-4-9/h5-12H,1-4H3,(H,22,23);3-5H,1-2H3;3-5H,7H2,1-2H3. The lowest BCUT2D eigenvalue weighted by Gasteiger charge is -2.06. The minimum absolute atomic E-state index is 0.0984. The molecule has 15 heteroatoms. The smallest absolute Gasteiger partial charge is 0.381 e. The van der Waals surface area contributed by atoms with Crippen molar-refractivity contribution in [1.29, 1.82) is 0 Å². The van der Waals surface area contributed by atoms with Crippen molar-refractivity contribution < 1.29 is 4.92 Å². The van der Waals surface area contributed by atoms with E-state index >= 15 is 0 Å². The predicted octanol–water partition coefficient (Wildman–Crippen LogP) is 6.28. The van der Waals surface area contributed by atoms with Gasteiger partial charge in [0.2, 0.25) is 6.33 Å². The van der Waals surface area contributed by atoms with Gasteiger partial charge in [0.15, 0.2) is 0 Å². The Balaban J connectivity index is 0.000000197. The molecule has 0 unspecified atom stereocenters. The van der Waals surface area contributed by atoms with Crippen LogP contribution in [0.3, 0.4) is 0 Å². The molecule has 0 aromatic carbocycles. The molecule has 0 atom stereocenters. The molecule has 15 nitrogen and oxygen atoms in total. The maximum atomic E-state index is 10.2. The summed E-state index contributed by atoms with van der Waals surface area (Å²) in [5.41, 5.74) is 10.1. The van der Waals surface area contributed by atoms with Crippen molar-refractivity contribution in [2.24, 2.45) is 7.05 Å². The van der Waals surface area contributed by atoms with Crippen LogP contribution in [0, 0.1) is 17.0 Å². The van der Waals surface area contributed by atoms with Crippen LogP contribution in [0.15, 0.2) is 68.2 Å². The average molecular weight is 628 g/mol. The zero-order chi connectivity index (χ0) is 33.5. The van der Waals surface area contributed by atoms with Gasteiger partial charge in [0.25, 0.3) is 0 Å². The first kappa shape index (κ1) is 33.3. The van der Waals surface area contributed by atoms with Gasteiger partial charge >= 0.3 is 5.82 Å². The first-order valence-corrected chi connectivity index (χ1v) is 14.9. The Kier molecular flexibility index (Phi) is 10.5. The van der Waals surface area contributed by atoms with Gasteiger partial charge in [0.1, 0.15) is 23.7 Å². The van der Waals surface area contributed by atoms with Crippen molar-refractivity contribution in [3.63, 3.8) is 0 Å². The maximum Gasteiger partial charge on any atom is 0.381 e. The normalized spacial score (nSPS) is 11.0. The molecule has 0 radical (unpaired) electrons. The number of anilines is 3. The lowest BCUT2D eigenvalue weighted by atomic mass is 10.1. The summed E-state index contributed by atoms with van der Waals surface area (Å²) in [5, 5.41) is 17.8. The van der Waals surface area contributed by atoms with Crippen LogP contribution in [-0.4, -0.2) is 53.3 Å². The third-order valence-electron chi connectivity index (χ3n) is 6.90. The number of rotatable bonds is 7. The molecule has 242 valence electrons. The molecular weight excluding hydrogens is 586 g/mol. The summed E-state index contributed by atoms with van der Waals surface area (Å²) in [4.78, 5) is 30.8. The van der Waals surface area contributed by atoms with E-state index in [0.717, 1.165) is 39.5 Å². The number of aromatic nitrogens is 10. The highest BCUT2D eigenvalue weighted by molar-refractivity contribution is 5.82. The molecule has 0 fully saturated rings. The third-order valence-corrected chi connectivity index (χ3v) is 6.90. The molecule has 6 aromatic rings. The number of hydrogen-bond donors (Lipinski definition) is 2. The summed E-state index contributed by atoms with van der Waals surface area (Å²) >= 11 is 0. The van der Waals surface area contributed by atoms with Gasteiger partial charge in [0.05, 0.1) is 29.4 Å². The summed E-state index contributed by atoms with van der Waals surface area (Å²) in [6.07, 6.45) is 14.1. The van der Waals surface area contributed by atoms with Crippen molar-refractivity contribution in [2.75, 3.05) is 11.1 Å². The molecule has 3 N–H and O–H groups in total. The summed E-state index contributed by atoms with van der Waals surface area (Å²) in [7, 11) is 1.92. The second-order valence-corrected chi connectivity index (χ2v) is 11.6. The van der Waals surface area contributed by atoms with Gasteiger partial charge in [-0.3, -0.25) is 9.67 Å². The highest BCUT2D eigenvalue weighted by atomic mass is 16.6. The summed E-state index contributed by atoms with van der Waals surface area (Å²) < 4.78 is 7.52. The van der Waals surface area contributed by atoms with Crippen LogP contribution < -0.4 is 11.1 Å². The highest BCUT2D eigenvalue weighted by Gasteiger charge is 2.11. The van der Waals surface area contributed by atoms with Gasteiger partial charge in [-0.1, -0.05) is 0 Å². The Morgan fingerprint density at radius 2 is 1.43 bits per heavy atom. The van der Waals surface area contributed by atoms with Gasteiger partial charge in [-0.2, -0.15) is 5.10 Å². The number of nitro groups is 1. The molecule has 6 rings (SSSR count). The van der Waals surface area contributed by atoms with Crippen LogP contribution >= 0.6 is 0 Å². The number of pyridine rings is 2. The van der Waals surface area contributed by atoms with E-state index in [9.17, 15) is 10.1 Å². The number of imidazole rings is 3. The average Bonchev–Trinajstić information content (AvgIpc) is 3.81. The Labute approximate surface area is 267 Å². The lowest BCUT2D eigenvalue weighted by Crippen LogP contribution is -1.97. The van der Waals surface area contributed by atoms with Crippen LogP contribution in [0.2, 0.25) is 0 Å². The number of nitrogens with two attached hydrogens (primary N) is 1. The van der Waals surface area contributed by atoms with E-state index in [0.29, 0.717) is 17.9 Å². The molecule has 6 aromatic heterocycles. The molecule has 46 heavy (non-hydrogen) atoms. The van der Waals surface area contributed by atoms with E-state index in [-0.39, 0.29) is 11.9 Å². The van der Waals surface area contributed by atoms with Crippen LogP contribution in [0.1, 0.15) is 65.4 Å². The SMILES string of the molecule is CC(C)n1cnc(N)c1.CC(C)n1cnc([N+](=O)[O-])c1.Cc1nn(C)cc1-c1cnc2ccc(Nc3cn(C(C)C)cn3)nc2c1. The summed E-state index contributed by atoms with van der Waals surface area (Å²) in [6.45, 7) is 14.3. The molecule has 0 amide bonds. The fourth-order valence-corrected chi connectivity index (χ4v) is 4.26. The van der Waals surface area contributed by atoms with Gasteiger partial charge < -0.3 is 34.9 Å². The van der Waals surface area contributed by atoms with Crippen molar-refractivity contribution in [3.8, 4) is 11.1 Å². The molecule has 0 saturated heterocycles. The quantitative estimate of drug-likeness (QED) is 0.151. The van der Waals surface area contributed by atoms with E-state index in [1.807, 2.05) is 90.9 Å². The highest BCUT2D eigenvalue weighted by Crippen LogP contribution is 2.25. The number of hydrogen-bond acceptors (Lipinski definition) is 10. The fraction of sp³-hybridized carbons (Fsp3) is 0.355. The number of nitrogens with zero attached hydrogens (tertiary/aromatic N) is 11. The molecule has 0 aliphatic carbocycles. The van der Waals surface area contributed by atoms with E-state index in [1.54, 1.807) is 10.9 Å². The zero-order valence-corrected chi connectivity index (χ0v) is 27.4. The van der Waals surface area contributed by atoms with E-state index < -0.39 is 4.92 Å². The van der Waals surface area contributed by atoms with Crippen LogP contribution in [0.4, 0.5) is 23.3 Å². The largest absolute Gasteiger partial charge is 0.382 e. The molecule has 0 aliphatic rings. The topological polar surface area (TPSA) is 178 Å². The minimum Gasteiger partial charge on any atom is -0.382 e. The maximum absolute atomic E-state index is 10.2. The molecule has 0 bridgehead atoms. The second kappa shape index (κ2) is 14.5. The molecular formula is C31H41N13O2. The van der Waals surface area contributed by atoms with Crippen molar-refractivity contribution in [1.82, 2.24) is 48.4 Å². The Morgan fingerprint density at radius 3 is 1.93 bits per heavy atom. The van der Waals surface area contributed by atoms with Crippen LogP contribution in [0.25, 0.3) is 22.2 Å². The predicted molar refractivity (Wildman–Crippen MR) is 179 cm³/mol. The molecule has 0 spiro atoms. The van der Waals surface area contributed by atoms with Crippen LogP contribution in [0.5, 0.6) is 0 Å². The van der Waals surface area contributed by atoms with E-state index in [1.165, 1.54) is 12.5 Å². The minimum atomic E-state index is -0.501.